The molecule has 0 heterocycles. The van der Waals surface area contributed by atoms with E-state index >= 15 is 0 Å². The van der Waals surface area contributed by atoms with Crippen LogP contribution in [-0.2, 0) is 0 Å². The summed E-state index contributed by atoms with van der Waals surface area (Å²) in [6.07, 6.45) is 6.32. The molecule has 3 aromatic rings. The van der Waals surface area contributed by atoms with E-state index in [1.54, 1.807) is 36.4 Å². The van der Waals surface area contributed by atoms with Gasteiger partial charge in [0.15, 0.2) is 0 Å². The van der Waals surface area contributed by atoms with E-state index in [4.69, 9.17) is 14.2 Å². The number of esters is 1. The maximum absolute atomic E-state index is 12.5. The minimum Gasteiger partial charge on any atom is -0.494 e. The first-order valence-electron chi connectivity index (χ1n) is 11.9. The van der Waals surface area contributed by atoms with Crippen molar-refractivity contribution in [2.45, 2.75) is 59.0 Å². The molecule has 3 aromatic carbocycles. The smallest absolute Gasteiger partial charge is 0.343 e. The molecule has 0 radical (unpaired) electrons. The van der Waals surface area contributed by atoms with E-state index in [1.165, 1.54) is 25.7 Å². The maximum Gasteiger partial charge on any atom is 0.343 e. The van der Waals surface area contributed by atoms with Crippen LogP contribution < -0.4 is 14.2 Å². The first kappa shape index (κ1) is 24.4. The van der Waals surface area contributed by atoms with Crippen molar-refractivity contribution in [2.75, 3.05) is 6.61 Å². The second-order valence-electron chi connectivity index (χ2n) is 8.17. The van der Waals surface area contributed by atoms with Crippen LogP contribution in [0.1, 0.15) is 63.2 Å². The number of hydrogen-bond acceptors (Lipinski definition) is 4. The average molecular weight is 447 g/mol. The largest absolute Gasteiger partial charge is 0.494 e. The first-order chi connectivity index (χ1) is 16.1. The highest BCUT2D eigenvalue weighted by atomic mass is 16.5. The Balaban J connectivity index is 1.54. The Morgan fingerprint density at radius 2 is 1.30 bits per heavy atom. The zero-order chi connectivity index (χ0) is 23.5. The number of carbonyl (C=O) groups is 1. The molecule has 0 aliphatic heterocycles. The third-order valence-electron chi connectivity index (χ3n) is 5.46. The average Bonchev–Trinajstić information content (AvgIpc) is 2.84. The van der Waals surface area contributed by atoms with Gasteiger partial charge in [0.1, 0.15) is 17.2 Å². The lowest BCUT2D eigenvalue weighted by molar-refractivity contribution is 0.0734. The summed E-state index contributed by atoms with van der Waals surface area (Å²) >= 11 is 0. The Hall–Kier alpha value is -3.27. The van der Waals surface area contributed by atoms with Crippen LogP contribution in [0.2, 0.25) is 0 Å². The van der Waals surface area contributed by atoms with Gasteiger partial charge in [-0.3, -0.25) is 0 Å². The van der Waals surface area contributed by atoms with Gasteiger partial charge in [-0.25, -0.2) is 4.79 Å². The van der Waals surface area contributed by atoms with E-state index in [1.807, 2.05) is 43.3 Å². The summed E-state index contributed by atoms with van der Waals surface area (Å²) in [4.78, 5) is 12.5. The Kier molecular flexibility index (Phi) is 9.37. The van der Waals surface area contributed by atoms with Crippen molar-refractivity contribution in [3.8, 4) is 28.4 Å². The molecule has 1 unspecified atom stereocenters. The van der Waals surface area contributed by atoms with Crippen molar-refractivity contribution in [1.82, 2.24) is 0 Å². The molecule has 1 atom stereocenters. The minimum absolute atomic E-state index is 0.216. The number of rotatable bonds is 12. The van der Waals surface area contributed by atoms with Crippen molar-refractivity contribution in [2.24, 2.45) is 0 Å². The molecule has 3 rings (SSSR count). The quantitative estimate of drug-likeness (QED) is 0.162. The van der Waals surface area contributed by atoms with Crippen LogP contribution in [0.25, 0.3) is 11.1 Å². The Morgan fingerprint density at radius 1 is 0.727 bits per heavy atom. The third-order valence-corrected chi connectivity index (χ3v) is 5.46. The van der Waals surface area contributed by atoms with Crippen LogP contribution in [0.4, 0.5) is 0 Å². The summed E-state index contributed by atoms with van der Waals surface area (Å²) in [6.45, 7) is 6.88. The molecule has 0 aromatic heterocycles. The Bertz CT molecular complexity index is 976. The van der Waals surface area contributed by atoms with Gasteiger partial charge in [0.05, 0.1) is 18.3 Å². The van der Waals surface area contributed by atoms with E-state index in [-0.39, 0.29) is 12.1 Å². The summed E-state index contributed by atoms with van der Waals surface area (Å²) in [6, 6.07) is 22.6. The normalized spacial score (nSPS) is 11.6. The summed E-state index contributed by atoms with van der Waals surface area (Å²) in [5.41, 5.74) is 2.61. The molecule has 0 saturated heterocycles. The number of carbonyl (C=O) groups excluding carboxylic acids is 1. The molecule has 0 fully saturated rings. The van der Waals surface area contributed by atoms with Gasteiger partial charge >= 0.3 is 5.97 Å². The second-order valence-corrected chi connectivity index (χ2v) is 8.17. The van der Waals surface area contributed by atoms with Crippen molar-refractivity contribution in [3.05, 3.63) is 78.4 Å². The Labute approximate surface area is 197 Å². The second kappa shape index (κ2) is 12.7. The molecule has 174 valence electrons. The van der Waals surface area contributed by atoms with Crippen LogP contribution in [0.3, 0.4) is 0 Å². The molecule has 4 heteroatoms. The molecule has 0 aliphatic carbocycles. The molecule has 0 saturated carbocycles. The van der Waals surface area contributed by atoms with Crippen molar-refractivity contribution in [3.63, 3.8) is 0 Å². The highest BCUT2D eigenvalue weighted by Crippen LogP contribution is 2.25. The lowest BCUT2D eigenvalue weighted by atomic mass is 10.0. The summed E-state index contributed by atoms with van der Waals surface area (Å²) in [7, 11) is 0. The van der Waals surface area contributed by atoms with Gasteiger partial charge in [-0.1, -0.05) is 50.5 Å². The Morgan fingerprint density at radius 3 is 1.91 bits per heavy atom. The fraction of sp³-hybridized carbons (Fsp3) is 0.345. The van der Waals surface area contributed by atoms with Crippen molar-refractivity contribution < 1.29 is 19.0 Å². The number of unbranched alkanes of at least 4 members (excludes halogenated alkanes) is 3. The zero-order valence-electron chi connectivity index (χ0n) is 19.9. The summed E-state index contributed by atoms with van der Waals surface area (Å²) in [5.74, 6) is 1.74. The van der Waals surface area contributed by atoms with E-state index in [2.05, 4.69) is 13.8 Å². The molecule has 0 aliphatic rings. The lowest BCUT2D eigenvalue weighted by Crippen LogP contribution is -2.11. The topological polar surface area (TPSA) is 44.8 Å². The van der Waals surface area contributed by atoms with Crippen LogP contribution in [0, 0.1) is 0 Å². The fourth-order valence-electron chi connectivity index (χ4n) is 3.61. The molecule has 33 heavy (non-hydrogen) atoms. The van der Waals surface area contributed by atoms with E-state index in [0.29, 0.717) is 17.9 Å². The zero-order valence-corrected chi connectivity index (χ0v) is 19.9. The van der Waals surface area contributed by atoms with Gasteiger partial charge in [0.25, 0.3) is 0 Å². The number of ether oxygens (including phenoxy) is 3. The highest BCUT2D eigenvalue weighted by molar-refractivity contribution is 5.91. The fourth-order valence-corrected chi connectivity index (χ4v) is 3.61. The monoisotopic (exact) mass is 446 g/mol. The van der Waals surface area contributed by atoms with Crippen LogP contribution >= 0.6 is 0 Å². The molecule has 4 nitrogen and oxygen atoms in total. The predicted octanol–water partition coefficient (Wildman–Crippen LogP) is 7.71. The van der Waals surface area contributed by atoms with E-state index in [0.717, 1.165) is 29.0 Å². The van der Waals surface area contributed by atoms with Gasteiger partial charge in [0.2, 0.25) is 0 Å². The molecule has 0 bridgehead atoms. The maximum atomic E-state index is 12.5. The van der Waals surface area contributed by atoms with Gasteiger partial charge in [-0.2, -0.15) is 0 Å². The highest BCUT2D eigenvalue weighted by Gasteiger charge is 2.10. The van der Waals surface area contributed by atoms with Crippen LogP contribution in [0.5, 0.6) is 17.2 Å². The third kappa shape index (κ3) is 7.67. The van der Waals surface area contributed by atoms with Gasteiger partial charge in [-0.05, 0) is 86.3 Å². The summed E-state index contributed by atoms with van der Waals surface area (Å²) in [5, 5.41) is 0. The standard InChI is InChI=1S/C29H34O4/c1-4-6-7-8-9-22(3)32-27-16-14-24(15-17-27)23-10-12-25(13-11-23)29(30)33-28-20-18-26(19-21-28)31-5-2/h10-22H,4-9H2,1-3H3. The molecular weight excluding hydrogens is 412 g/mol. The minimum atomic E-state index is -0.387. The molecule has 0 N–H and O–H groups in total. The first-order valence-corrected chi connectivity index (χ1v) is 11.9. The van der Waals surface area contributed by atoms with Gasteiger partial charge < -0.3 is 14.2 Å². The van der Waals surface area contributed by atoms with Crippen molar-refractivity contribution >= 4 is 5.97 Å². The van der Waals surface area contributed by atoms with Gasteiger partial charge in [-0.15, -0.1) is 0 Å². The van der Waals surface area contributed by atoms with Crippen molar-refractivity contribution in [1.29, 1.82) is 0 Å². The number of benzene rings is 3. The van der Waals surface area contributed by atoms with E-state index < -0.39 is 0 Å². The van der Waals surface area contributed by atoms with Crippen LogP contribution in [0.15, 0.2) is 72.8 Å². The number of hydrogen-bond donors (Lipinski definition) is 0. The molecule has 0 spiro atoms. The molecular formula is C29H34O4. The van der Waals surface area contributed by atoms with Gasteiger partial charge in [0, 0.05) is 0 Å². The SMILES string of the molecule is CCCCCCC(C)Oc1ccc(-c2ccc(C(=O)Oc3ccc(OCC)cc3)cc2)cc1. The molecule has 0 amide bonds. The summed E-state index contributed by atoms with van der Waals surface area (Å²) < 4.78 is 16.9. The lowest BCUT2D eigenvalue weighted by Gasteiger charge is -2.15. The van der Waals surface area contributed by atoms with E-state index in [9.17, 15) is 4.79 Å². The predicted molar refractivity (Wildman–Crippen MR) is 133 cm³/mol. The van der Waals surface area contributed by atoms with Crippen LogP contribution in [-0.4, -0.2) is 18.7 Å².